The molecule has 0 radical (unpaired) electrons. The molecule has 0 saturated heterocycles. The Bertz CT molecular complexity index is 213. The maximum atomic E-state index is 10.1. The Labute approximate surface area is 87.3 Å². The molecule has 0 aromatic heterocycles. The first-order valence-electron chi connectivity index (χ1n) is 2.57. The molecule has 1 aromatic rings. The van der Waals surface area contributed by atoms with Crippen molar-refractivity contribution in [1.29, 1.82) is 0 Å². The summed E-state index contributed by atoms with van der Waals surface area (Å²) in [6.07, 6.45) is 0. The van der Waals surface area contributed by atoms with Gasteiger partial charge in [0.25, 0.3) is 0 Å². The van der Waals surface area contributed by atoms with Gasteiger partial charge in [0.05, 0.1) is 5.97 Å². The van der Waals surface area contributed by atoms with Gasteiger partial charge in [-0.05, 0) is 5.56 Å². The van der Waals surface area contributed by atoms with E-state index in [1.807, 2.05) is 0 Å². The molecule has 0 unspecified atom stereocenters. The fourth-order valence-electron chi connectivity index (χ4n) is 0.574. The Morgan fingerprint density at radius 3 is 1.91 bits per heavy atom. The molecule has 3 nitrogen and oxygen atoms in total. The molecule has 1 aromatic carbocycles. The summed E-state index contributed by atoms with van der Waals surface area (Å²) < 4.78 is 0. The third-order valence-electron chi connectivity index (χ3n) is 1.01. The van der Waals surface area contributed by atoms with Gasteiger partial charge in [-0.2, -0.15) is 0 Å². The van der Waals surface area contributed by atoms with Crippen LogP contribution in [0.4, 0.5) is 0 Å². The summed E-state index contributed by atoms with van der Waals surface area (Å²) in [7, 11) is 0. The van der Waals surface area contributed by atoms with Crippen LogP contribution in [0.5, 0.6) is 0 Å². The fourth-order valence-corrected chi connectivity index (χ4v) is 0.574. The standard InChI is InChI=1S/C7H6O2.H3N.Na/c8-7(9)6-4-2-1-3-5-6;;/h1-5H,(H,8,9);1H3;/q;;+1/p-1. The van der Waals surface area contributed by atoms with E-state index in [2.05, 4.69) is 0 Å². The molecule has 4 heteroatoms. The van der Waals surface area contributed by atoms with Gasteiger partial charge in [-0.25, -0.2) is 0 Å². The van der Waals surface area contributed by atoms with Gasteiger partial charge in [0.15, 0.2) is 0 Å². The molecule has 0 aliphatic rings. The topological polar surface area (TPSA) is 75.1 Å². The van der Waals surface area contributed by atoms with Gasteiger partial charge >= 0.3 is 29.6 Å². The van der Waals surface area contributed by atoms with E-state index in [1.54, 1.807) is 18.2 Å². The molecular weight excluding hydrogens is 153 g/mol. The summed E-state index contributed by atoms with van der Waals surface area (Å²) in [5, 5.41) is 10.1. The molecule has 11 heavy (non-hydrogen) atoms. The van der Waals surface area contributed by atoms with E-state index in [0.717, 1.165) is 0 Å². The predicted octanol–water partition coefficient (Wildman–Crippen LogP) is -2.78. The Balaban J connectivity index is 0. The molecular formula is C7H8NNaO2. The van der Waals surface area contributed by atoms with Crippen LogP contribution in [0, 0.1) is 0 Å². The van der Waals surface area contributed by atoms with E-state index >= 15 is 0 Å². The predicted molar refractivity (Wildman–Crippen MR) is 35.8 cm³/mol. The number of carboxylic acid groups (broad SMARTS) is 1. The van der Waals surface area contributed by atoms with E-state index in [9.17, 15) is 9.90 Å². The molecule has 3 N–H and O–H groups in total. The second kappa shape index (κ2) is 6.37. The third kappa shape index (κ3) is 4.16. The van der Waals surface area contributed by atoms with Crippen LogP contribution in [0.1, 0.15) is 10.4 Å². The SMILES string of the molecule is N.O=C([O-])c1ccccc1.[Na+]. The maximum Gasteiger partial charge on any atom is 1.00 e. The van der Waals surface area contributed by atoms with Gasteiger partial charge in [-0.15, -0.1) is 0 Å². The molecule has 0 fully saturated rings. The number of aromatic carboxylic acids is 1. The van der Waals surface area contributed by atoms with Crippen molar-refractivity contribution < 1.29 is 39.5 Å². The largest absolute Gasteiger partial charge is 1.00 e. The molecule has 0 atom stereocenters. The molecule has 0 spiro atoms. The van der Waals surface area contributed by atoms with Crippen LogP contribution in [-0.2, 0) is 0 Å². The summed E-state index contributed by atoms with van der Waals surface area (Å²) in [5.41, 5.74) is 0.220. The zero-order valence-corrected chi connectivity index (χ0v) is 8.41. The zero-order valence-electron chi connectivity index (χ0n) is 6.41. The van der Waals surface area contributed by atoms with Crippen LogP contribution in [0.25, 0.3) is 0 Å². The summed E-state index contributed by atoms with van der Waals surface area (Å²) >= 11 is 0. The van der Waals surface area contributed by atoms with Crippen LogP contribution in [0.15, 0.2) is 30.3 Å². The molecule has 0 amide bonds. The maximum absolute atomic E-state index is 10.1. The van der Waals surface area contributed by atoms with Gasteiger partial charge in [0, 0.05) is 0 Å². The molecule has 1 rings (SSSR count). The number of rotatable bonds is 1. The molecule has 0 heterocycles. The van der Waals surface area contributed by atoms with Crippen molar-refractivity contribution in [3.63, 3.8) is 0 Å². The second-order valence-corrected chi connectivity index (χ2v) is 1.65. The van der Waals surface area contributed by atoms with E-state index in [0.29, 0.717) is 0 Å². The number of carbonyl (C=O) groups excluding carboxylic acids is 1. The van der Waals surface area contributed by atoms with Crippen LogP contribution >= 0.6 is 0 Å². The monoisotopic (exact) mass is 161 g/mol. The Morgan fingerprint density at radius 1 is 1.18 bits per heavy atom. The van der Waals surface area contributed by atoms with E-state index in [4.69, 9.17) is 0 Å². The first-order chi connectivity index (χ1) is 4.30. The second-order valence-electron chi connectivity index (χ2n) is 1.65. The first kappa shape index (κ1) is 13.3. The molecule has 54 valence electrons. The summed E-state index contributed by atoms with van der Waals surface area (Å²) in [5.74, 6) is -1.13. The van der Waals surface area contributed by atoms with Crippen molar-refractivity contribution in [2.75, 3.05) is 0 Å². The Hall–Kier alpha value is -0.350. The third-order valence-corrected chi connectivity index (χ3v) is 1.01. The van der Waals surface area contributed by atoms with Crippen molar-refractivity contribution in [2.24, 2.45) is 0 Å². The first-order valence-corrected chi connectivity index (χ1v) is 2.57. The van der Waals surface area contributed by atoms with Crippen molar-refractivity contribution >= 4 is 5.97 Å². The molecule has 0 aliphatic heterocycles. The number of carboxylic acids is 1. The number of hydrogen-bond acceptors (Lipinski definition) is 3. The normalized spacial score (nSPS) is 7.27. The van der Waals surface area contributed by atoms with Crippen LogP contribution in [0.2, 0.25) is 0 Å². The van der Waals surface area contributed by atoms with Gasteiger partial charge < -0.3 is 16.1 Å². The summed E-state index contributed by atoms with van der Waals surface area (Å²) in [4.78, 5) is 10.1. The molecule has 0 bridgehead atoms. The Kier molecular flexibility index (Phi) is 7.67. The van der Waals surface area contributed by atoms with Gasteiger partial charge in [-0.1, -0.05) is 30.3 Å². The average molecular weight is 161 g/mol. The van der Waals surface area contributed by atoms with Gasteiger partial charge in [-0.3, -0.25) is 0 Å². The minimum atomic E-state index is -1.13. The van der Waals surface area contributed by atoms with Crippen molar-refractivity contribution in [2.45, 2.75) is 0 Å². The number of benzene rings is 1. The summed E-state index contributed by atoms with van der Waals surface area (Å²) in [6.45, 7) is 0. The summed E-state index contributed by atoms with van der Waals surface area (Å²) in [6, 6.07) is 8.06. The zero-order chi connectivity index (χ0) is 6.69. The minimum Gasteiger partial charge on any atom is -0.545 e. The minimum absolute atomic E-state index is 0. The van der Waals surface area contributed by atoms with E-state index in [1.165, 1.54) is 12.1 Å². The number of carbonyl (C=O) groups is 1. The quantitative estimate of drug-likeness (QED) is 0.452. The van der Waals surface area contributed by atoms with E-state index < -0.39 is 5.97 Å². The van der Waals surface area contributed by atoms with Crippen LogP contribution < -0.4 is 40.8 Å². The van der Waals surface area contributed by atoms with Crippen LogP contribution in [-0.4, -0.2) is 5.97 Å². The average Bonchev–Trinajstić information content (AvgIpc) is 1.90. The van der Waals surface area contributed by atoms with E-state index in [-0.39, 0.29) is 41.3 Å². The molecule has 0 aliphatic carbocycles. The smallest absolute Gasteiger partial charge is 0.545 e. The number of hydrogen-bond donors (Lipinski definition) is 1. The van der Waals surface area contributed by atoms with Gasteiger partial charge in [0.2, 0.25) is 0 Å². The van der Waals surface area contributed by atoms with Gasteiger partial charge in [0.1, 0.15) is 0 Å². The van der Waals surface area contributed by atoms with Crippen molar-refractivity contribution in [3.8, 4) is 0 Å². The van der Waals surface area contributed by atoms with Crippen molar-refractivity contribution in [1.82, 2.24) is 6.15 Å². The fraction of sp³-hybridized carbons (Fsp3) is 0. The Morgan fingerprint density at radius 2 is 1.64 bits per heavy atom. The molecule has 0 saturated carbocycles. The van der Waals surface area contributed by atoms with Crippen molar-refractivity contribution in [3.05, 3.63) is 35.9 Å². The van der Waals surface area contributed by atoms with Crippen LogP contribution in [0.3, 0.4) is 0 Å².